The molecule has 0 aromatic heterocycles. The summed E-state index contributed by atoms with van der Waals surface area (Å²) in [5.74, 6) is 0.776. The lowest BCUT2D eigenvalue weighted by atomic mass is 9.97. The number of aryl methyl sites for hydroxylation is 2. The zero-order chi connectivity index (χ0) is 16.3. The molecule has 1 heterocycles. The van der Waals surface area contributed by atoms with Gasteiger partial charge in [0.25, 0.3) is 0 Å². The summed E-state index contributed by atoms with van der Waals surface area (Å²) in [6, 6.07) is 4.93. The molecule has 1 aromatic carbocycles. The lowest BCUT2D eigenvalue weighted by Gasteiger charge is -2.40. The number of benzene rings is 1. The summed E-state index contributed by atoms with van der Waals surface area (Å²) in [6.07, 6.45) is 3.25. The van der Waals surface area contributed by atoms with Gasteiger partial charge in [0, 0.05) is 23.7 Å². The molecule has 4 heteroatoms. The number of ether oxygens (including phenoxy) is 1. The van der Waals surface area contributed by atoms with Gasteiger partial charge in [-0.15, -0.1) is 0 Å². The fourth-order valence-electron chi connectivity index (χ4n) is 3.31. The summed E-state index contributed by atoms with van der Waals surface area (Å²) >= 11 is 6.16. The molecule has 0 bridgehead atoms. The van der Waals surface area contributed by atoms with Crippen LogP contribution in [0.5, 0.6) is 5.75 Å². The van der Waals surface area contributed by atoms with Crippen molar-refractivity contribution in [2.24, 2.45) is 0 Å². The van der Waals surface area contributed by atoms with Crippen LogP contribution in [-0.4, -0.2) is 41.3 Å². The molecule has 3 nitrogen and oxygen atoms in total. The normalized spacial score (nSPS) is 24.3. The number of hydrogen-bond donors (Lipinski definition) is 1. The van der Waals surface area contributed by atoms with Gasteiger partial charge >= 0.3 is 0 Å². The van der Waals surface area contributed by atoms with E-state index in [1.165, 1.54) is 19.3 Å². The summed E-state index contributed by atoms with van der Waals surface area (Å²) in [7, 11) is 0. The van der Waals surface area contributed by atoms with Crippen molar-refractivity contribution in [2.75, 3.05) is 13.2 Å². The van der Waals surface area contributed by atoms with Crippen LogP contribution < -0.4 is 4.74 Å². The summed E-state index contributed by atoms with van der Waals surface area (Å²) in [6.45, 7) is 9.42. The first-order valence-corrected chi connectivity index (χ1v) is 8.59. The monoisotopic (exact) mass is 325 g/mol. The highest BCUT2D eigenvalue weighted by Gasteiger charge is 2.26. The van der Waals surface area contributed by atoms with Crippen LogP contribution in [0.3, 0.4) is 0 Å². The van der Waals surface area contributed by atoms with Crippen molar-refractivity contribution in [3.8, 4) is 5.75 Å². The first-order chi connectivity index (χ1) is 10.4. The Hall–Kier alpha value is -0.770. The molecule has 1 saturated heterocycles. The van der Waals surface area contributed by atoms with Gasteiger partial charge in [0.1, 0.15) is 18.5 Å². The maximum absolute atomic E-state index is 10.3. The van der Waals surface area contributed by atoms with Gasteiger partial charge in [-0.1, -0.05) is 18.0 Å². The second kappa shape index (κ2) is 7.67. The molecule has 0 amide bonds. The number of hydrogen-bond acceptors (Lipinski definition) is 3. The van der Waals surface area contributed by atoms with Crippen LogP contribution in [0, 0.1) is 13.8 Å². The highest BCUT2D eigenvalue weighted by molar-refractivity contribution is 6.32. The molecular formula is C18H28ClNO2. The fraction of sp³-hybridized carbons (Fsp3) is 0.667. The van der Waals surface area contributed by atoms with Crippen molar-refractivity contribution < 1.29 is 9.84 Å². The van der Waals surface area contributed by atoms with Crippen molar-refractivity contribution >= 4 is 11.6 Å². The topological polar surface area (TPSA) is 32.7 Å². The molecule has 1 aliphatic heterocycles. The third-order valence-corrected chi connectivity index (χ3v) is 5.25. The zero-order valence-corrected chi connectivity index (χ0v) is 14.9. The van der Waals surface area contributed by atoms with Crippen LogP contribution in [0.25, 0.3) is 0 Å². The van der Waals surface area contributed by atoms with E-state index in [1.807, 2.05) is 26.0 Å². The quantitative estimate of drug-likeness (QED) is 0.889. The Morgan fingerprint density at radius 3 is 2.32 bits per heavy atom. The van der Waals surface area contributed by atoms with Gasteiger partial charge < -0.3 is 9.84 Å². The van der Waals surface area contributed by atoms with Crippen LogP contribution in [-0.2, 0) is 0 Å². The van der Waals surface area contributed by atoms with Crippen LogP contribution >= 0.6 is 11.6 Å². The van der Waals surface area contributed by atoms with Gasteiger partial charge in [0.2, 0.25) is 0 Å². The van der Waals surface area contributed by atoms with E-state index in [1.54, 1.807) is 0 Å². The smallest absolute Gasteiger partial charge is 0.120 e. The molecule has 1 aliphatic rings. The van der Waals surface area contributed by atoms with Gasteiger partial charge in [0.15, 0.2) is 0 Å². The number of β-amino-alcohol motifs (C(OH)–C–C–N with tert-alkyl or cyclic N) is 1. The number of halogens is 1. The van der Waals surface area contributed by atoms with E-state index < -0.39 is 6.10 Å². The van der Waals surface area contributed by atoms with Gasteiger partial charge in [-0.25, -0.2) is 0 Å². The first kappa shape index (κ1) is 17.6. The van der Waals surface area contributed by atoms with Gasteiger partial charge in [0.05, 0.1) is 0 Å². The number of piperidine rings is 1. The number of nitrogens with zero attached hydrogens (tertiary/aromatic N) is 1. The summed E-state index contributed by atoms with van der Waals surface area (Å²) in [5.41, 5.74) is 2.01. The molecule has 1 N–H and O–H groups in total. The molecule has 0 unspecified atom stereocenters. The highest BCUT2D eigenvalue weighted by atomic mass is 35.5. The highest BCUT2D eigenvalue weighted by Crippen LogP contribution is 2.26. The van der Waals surface area contributed by atoms with Crippen molar-refractivity contribution in [2.45, 2.75) is 65.1 Å². The minimum atomic E-state index is -0.473. The average molecular weight is 326 g/mol. The first-order valence-electron chi connectivity index (χ1n) is 8.22. The maximum atomic E-state index is 10.3. The molecule has 1 fully saturated rings. The second-order valence-electron chi connectivity index (χ2n) is 6.66. The van der Waals surface area contributed by atoms with Gasteiger partial charge in [-0.05, 0) is 63.8 Å². The SMILES string of the molecule is Cc1cc(OC[C@@H](O)CN2[C@@H](C)CCC[C@@H]2C)cc(C)c1Cl. The van der Waals surface area contributed by atoms with Crippen LogP contribution in [0.15, 0.2) is 12.1 Å². The summed E-state index contributed by atoms with van der Waals surface area (Å²) < 4.78 is 5.76. The van der Waals surface area contributed by atoms with E-state index >= 15 is 0 Å². The average Bonchev–Trinajstić information content (AvgIpc) is 2.46. The number of likely N-dealkylation sites (tertiary alicyclic amines) is 1. The number of aliphatic hydroxyl groups is 1. The lowest BCUT2D eigenvalue weighted by Crippen LogP contribution is -2.48. The lowest BCUT2D eigenvalue weighted by molar-refractivity contribution is 0.0208. The Morgan fingerprint density at radius 2 is 1.77 bits per heavy atom. The molecule has 0 saturated carbocycles. The Bertz CT molecular complexity index is 473. The molecular weight excluding hydrogens is 298 g/mol. The van der Waals surface area contributed by atoms with E-state index in [4.69, 9.17) is 16.3 Å². The van der Waals surface area contributed by atoms with Gasteiger partial charge in [-0.3, -0.25) is 4.90 Å². The van der Waals surface area contributed by atoms with E-state index in [2.05, 4.69) is 18.7 Å². The molecule has 0 aliphatic carbocycles. The Kier molecular flexibility index (Phi) is 6.13. The molecule has 0 spiro atoms. The third-order valence-electron chi connectivity index (χ3n) is 4.65. The van der Waals surface area contributed by atoms with Crippen molar-refractivity contribution in [1.29, 1.82) is 0 Å². The van der Waals surface area contributed by atoms with E-state index in [9.17, 15) is 5.11 Å². The zero-order valence-electron chi connectivity index (χ0n) is 14.1. The predicted molar refractivity (Wildman–Crippen MR) is 91.9 cm³/mol. The number of rotatable bonds is 5. The largest absolute Gasteiger partial charge is 0.491 e. The molecule has 22 heavy (non-hydrogen) atoms. The minimum absolute atomic E-state index is 0.316. The van der Waals surface area contributed by atoms with Crippen LogP contribution in [0.2, 0.25) is 5.02 Å². The molecule has 2 rings (SSSR count). The molecule has 3 atom stereocenters. The Balaban J connectivity index is 1.88. The molecule has 0 radical (unpaired) electrons. The fourth-order valence-corrected chi connectivity index (χ4v) is 3.42. The van der Waals surface area contributed by atoms with Gasteiger partial charge in [-0.2, -0.15) is 0 Å². The summed E-state index contributed by atoms with van der Waals surface area (Å²) in [5, 5.41) is 11.1. The summed E-state index contributed by atoms with van der Waals surface area (Å²) in [4.78, 5) is 2.40. The van der Waals surface area contributed by atoms with Crippen molar-refractivity contribution in [3.05, 3.63) is 28.3 Å². The maximum Gasteiger partial charge on any atom is 0.120 e. The van der Waals surface area contributed by atoms with Crippen molar-refractivity contribution in [1.82, 2.24) is 4.90 Å². The minimum Gasteiger partial charge on any atom is -0.491 e. The van der Waals surface area contributed by atoms with Crippen LogP contribution in [0.1, 0.15) is 44.2 Å². The van der Waals surface area contributed by atoms with Crippen LogP contribution in [0.4, 0.5) is 0 Å². The standard InChI is InChI=1S/C18H28ClNO2/c1-12-8-17(9-13(2)18(12)19)22-11-16(21)10-20-14(3)6-5-7-15(20)4/h8-9,14-16,21H,5-7,10-11H2,1-4H3/t14-,15-,16-/m0/s1. The van der Waals surface area contributed by atoms with E-state index in [-0.39, 0.29) is 0 Å². The van der Waals surface area contributed by atoms with E-state index in [0.717, 1.165) is 21.9 Å². The Morgan fingerprint density at radius 1 is 1.23 bits per heavy atom. The molecule has 124 valence electrons. The Labute approximate surface area is 139 Å². The van der Waals surface area contributed by atoms with E-state index in [0.29, 0.717) is 25.2 Å². The third kappa shape index (κ3) is 4.37. The molecule has 1 aromatic rings. The van der Waals surface area contributed by atoms with Crippen molar-refractivity contribution in [3.63, 3.8) is 0 Å². The number of aliphatic hydroxyl groups excluding tert-OH is 1. The second-order valence-corrected chi connectivity index (χ2v) is 7.04. The predicted octanol–water partition coefficient (Wildman–Crippen LogP) is 3.96.